The molecule has 1 N–H and O–H groups in total. The average Bonchev–Trinajstić information content (AvgIpc) is 2.97. The molecule has 0 radical (unpaired) electrons. The summed E-state index contributed by atoms with van der Waals surface area (Å²) >= 11 is 0. The first-order chi connectivity index (χ1) is 10.3. The van der Waals surface area contributed by atoms with Crippen molar-refractivity contribution in [2.24, 2.45) is 0 Å². The number of ether oxygens (including phenoxy) is 1. The summed E-state index contributed by atoms with van der Waals surface area (Å²) in [5.41, 5.74) is 5.36. The van der Waals surface area contributed by atoms with E-state index in [1.54, 1.807) is 7.11 Å². The summed E-state index contributed by atoms with van der Waals surface area (Å²) in [6.07, 6.45) is 1.08. The first kappa shape index (κ1) is 12.4. The molecule has 2 aromatic carbocycles. The standard InChI is InChI=1S/C17H16N2O2/c1-20-14-4-5-16-15(9-14)19-17(21-16)12-3-2-11-6-7-18-10-13(11)8-12/h2-5,8-9,18H,6-7,10H2,1H3. The molecular weight excluding hydrogens is 264 g/mol. The number of oxazole rings is 1. The van der Waals surface area contributed by atoms with Crippen LogP contribution in [0.2, 0.25) is 0 Å². The van der Waals surface area contributed by atoms with Crippen LogP contribution in [0.1, 0.15) is 11.1 Å². The number of fused-ring (bicyclic) bond motifs is 2. The predicted octanol–water partition coefficient (Wildman–Crippen LogP) is 3.15. The molecule has 0 unspecified atom stereocenters. The van der Waals surface area contributed by atoms with Crippen LogP contribution in [-0.4, -0.2) is 18.6 Å². The summed E-state index contributed by atoms with van der Waals surface area (Å²) in [6.45, 7) is 1.96. The van der Waals surface area contributed by atoms with Crippen LogP contribution in [0.3, 0.4) is 0 Å². The topological polar surface area (TPSA) is 47.3 Å². The highest BCUT2D eigenvalue weighted by Gasteiger charge is 2.13. The van der Waals surface area contributed by atoms with Crippen molar-refractivity contribution in [2.75, 3.05) is 13.7 Å². The van der Waals surface area contributed by atoms with Crippen molar-refractivity contribution < 1.29 is 9.15 Å². The van der Waals surface area contributed by atoms with Crippen LogP contribution in [0.4, 0.5) is 0 Å². The first-order valence-corrected chi connectivity index (χ1v) is 7.11. The molecule has 1 aliphatic heterocycles. The van der Waals surface area contributed by atoms with Gasteiger partial charge < -0.3 is 14.5 Å². The summed E-state index contributed by atoms with van der Waals surface area (Å²) in [7, 11) is 1.65. The molecule has 4 nitrogen and oxygen atoms in total. The zero-order valence-corrected chi connectivity index (χ0v) is 11.8. The van der Waals surface area contributed by atoms with Crippen molar-refractivity contribution in [1.82, 2.24) is 10.3 Å². The van der Waals surface area contributed by atoms with Gasteiger partial charge in [-0.05, 0) is 48.4 Å². The van der Waals surface area contributed by atoms with Crippen molar-refractivity contribution in [3.05, 3.63) is 47.5 Å². The maximum absolute atomic E-state index is 5.86. The maximum Gasteiger partial charge on any atom is 0.227 e. The second kappa shape index (κ2) is 4.90. The number of nitrogens with one attached hydrogen (secondary N) is 1. The van der Waals surface area contributed by atoms with E-state index in [9.17, 15) is 0 Å². The third kappa shape index (κ3) is 2.17. The Bertz CT molecular complexity index is 808. The second-order valence-corrected chi connectivity index (χ2v) is 5.26. The molecule has 0 amide bonds. The number of benzene rings is 2. The number of aromatic nitrogens is 1. The Morgan fingerprint density at radius 2 is 2.10 bits per heavy atom. The minimum Gasteiger partial charge on any atom is -0.497 e. The van der Waals surface area contributed by atoms with Crippen LogP contribution in [0, 0.1) is 0 Å². The van der Waals surface area contributed by atoms with Gasteiger partial charge in [-0.2, -0.15) is 0 Å². The number of hydrogen-bond donors (Lipinski definition) is 1. The average molecular weight is 280 g/mol. The van der Waals surface area contributed by atoms with Crippen molar-refractivity contribution in [1.29, 1.82) is 0 Å². The molecule has 4 heteroatoms. The van der Waals surface area contributed by atoms with Crippen LogP contribution in [-0.2, 0) is 13.0 Å². The fourth-order valence-corrected chi connectivity index (χ4v) is 2.77. The molecule has 0 fully saturated rings. The third-order valence-electron chi connectivity index (χ3n) is 3.93. The van der Waals surface area contributed by atoms with E-state index in [1.165, 1.54) is 11.1 Å². The monoisotopic (exact) mass is 280 g/mol. The second-order valence-electron chi connectivity index (χ2n) is 5.26. The maximum atomic E-state index is 5.86. The number of rotatable bonds is 2. The molecule has 0 aliphatic carbocycles. The molecule has 0 spiro atoms. The lowest BCUT2D eigenvalue weighted by atomic mass is 9.98. The minimum absolute atomic E-state index is 0.659. The van der Waals surface area contributed by atoms with E-state index in [4.69, 9.17) is 9.15 Å². The fraction of sp³-hybridized carbons (Fsp3) is 0.235. The molecule has 0 atom stereocenters. The Labute approximate surface area is 122 Å². The summed E-state index contributed by atoms with van der Waals surface area (Å²) in [5.74, 6) is 1.45. The lowest BCUT2D eigenvalue weighted by Gasteiger charge is -2.17. The van der Waals surface area contributed by atoms with E-state index in [1.807, 2.05) is 18.2 Å². The summed E-state index contributed by atoms with van der Waals surface area (Å²) in [5, 5.41) is 3.39. The normalized spacial score (nSPS) is 14.1. The number of nitrogens with zero attached hydrogens (tertiary/aromatic N) is 1. The Morgan fingerprint density at radius 3 is 3.00 bits per heavy atom. The van der Waals surface area contributed by atoms with E-state index >= 15 is 0 Å². The van der Waals surface area contributed by atoms with Crippen molar-refractivity contribution >= 4 is 11.1 Å². The zero-order valence-electron chi connectivity index (χ0n) is 11.8. The predicted molar refractivity (Wildman–Crippen MR) is 81.4 cm³/mol. The van der Waals surface area contributed by atoms with Gasteiger partial charge in [-0.15, -0.1) is 0 Å². The summed E-state index contributed by atoms with van der Waals surface area (Å²) in [6, 6.07) is 12.1. The van der Waals surface area contributed by atoms with Crippen LogP contribution < -0.4 is 10.1 Å². The van der Waals surface area contributed by atoms with Gasteiger partial charge in [0.25, 0.3) is 0 Å². The molecule has 3 aromatic rings. The molecule has 1 aromatic heterocycles. The van der Waals surface area contributed by atoms with E-state index < -0.39 is 0 Å². The number of methoxy groups -OCH3 is 1. The van der Waals surface area contributed by atoms with Gasteiger partial charge in [0.15, 0.2) is 5.58 Å². The largest absolute Gasteiger partial charge is 0.497 e. The van der Waals surface area contributed by atoms with Gasteiger partial charge >= 0.3 is 0 Å². The highest BCUT2D eigenvalue weighted by atomic mass is 16.5. The Morgan fingerprint density at radius 1 is 1.14 bits per heavy atom. The van der Waals surface area contributed by atoms with Crippen LogP contribution in [0.5, 0.6) is 5.75 Å². The first-order valence-electron chi connectivity index (χ1n) is 7.11. The summed E-state index contributed by atoms with van der Waals surface area (Å²) in [4.78, 5) is 4.57. The zero-order chi connectivity index (χ0) is 14.2. The molecule has 0 saturated carbocycles. The SMILES string of the molecule is COc1ccc2oc(-c3ccc4c(c3)CNCC4)nc2c1. The van der Waals surface area contributed by atoms with E-state index in [0.717, 1.165) is 41.9 Å². The van der Waals surface area contributed by atoms with Crippen molar-refractivity contribution in [3.8, 4) is 17.2 Å². The van der Waals surface area contributed by atoms with Crippen LogP contribution in [0.15, 0.2) is 40.8 Å². The van der Waals surface area contributed by atoms with Gasteiger partial charge in [-0.25, -0.2) is 4.98 Å². The highest BCUT2D eigenvalue weighted by molar-refractivity contribution is 5.77. The van der Waals surface area contributed by atoms with Gasteiger partial charge in [0.05, 0.1) is 7.11 Å². The highest BCUT2D eigenvalue weighted by Crippen LogP contribution is 2.28. The number of hydrogen-bond acceptors (Lipinski definition) is 4. The van der Waals surface area contributed by atoms with Gasteiger partial charge in [-0.3, -0.25) is 0 Å². The molecule has 4 rings (SSSR count). The Kier molecular flexibility index (Phi) is 2.89. The third-order valence-corrected chi connectivity index (χ3v) is 3.93. The van der Waals surface area contributed by atoms with Gasteiger partial charge in [-0.1, -0.05) is 6.07 Å². The van der Waals surface area contributed by atoms with E-state index in [-0.39, 0.29) is 0 Å². The molecule has 21 heavy (non-hydrogen) atoms. The smallest absolute Gasteiger partial charge is 0.227 e. The quantitative estimate of drug-likeness (QED) is 0.783. The Balaban J connectivity index is 1.78. The molecule has 1 aliphatic rings. The molecular formula is C17H16N2O2. The van der Waals surface area contributed by atoms with Gasteiger partial charge in [0.2, 0.25) is 5.89 Å². The van der Waals surface area contributed by atoms with Crippen LogP contribution >= 0.6 is 0 Å². The van der Waals surface area contributed by atoms with Crippen molar-refractivity contribution in [3.63, 3.8) is 0 Å². The van der Waals surface area contributed by atoms with Crippen LogP contribution in [0.25, 0.3) is 22.6 Å². The van der Waals surface area contributed by atoms with Gasteiger partial charge in [0, 0.05) is 18.2 Å². The molecule has 0 bridgehead atoms. The molecule has 106 valence electrons. The lowest BCUT2D eigenvalue weighted by molar-refractivity contribution is 0.415. The van der Waals surface area contributed by atoms with E-state index in [0.29, 0.717) is 5.89 Å². The fourth-order valence-electron chi connectivity index (χ4n) is 2.77. The minimum atomic E-state index is 0.659. The Hall–Kier alpha value is -2.33. The lowest BCUT2D eigenvalue weighted by Crippen LogP contribution is -2.23. The molecule has 2 heterocycles. The van der Waals surface area contributed by atoms with E-state index in [2.05, 4.69) is 28.5 Å². The summed E-state index contributed by atoms with van der Waals surface area (Å²) < 4.78 is 11.1. The molecule has 0 saturated heterocycles. The van der Waals surface area contributed by atoms with Crippen molar-refractivity contribution in [2.45, 2.75) is 13.0 Å². The van der Waals surface area contributed by atoms with Gasteiger partial charge in [0.1, 0.15) is 11.3 Å².